The molecule has 0 bridgehead atoms. The van der Waals surface area contributed by atoms with E-state index in [2.05, 4.69) is 20.9 Å². The second-order valence-corrected chi connectivity index (χ2v) is 6.13. The molecule has 126 valence electrons. The molecule has 7 heteroatoms. The molecule has 2 fully saturated rings. The lowest BCUT2D eigenvalue weighted by molar-refractivity contribution is -0.122. The smallest absolute Gasteiger partial charge is 0.237 e. The minimum absolute atomic E-state index is 0.0679. The number of methoxy groups -OCH3 is 1. The highest BCUT2D eigenvalue weighted by atomic mass is 19.1. The largest absolute Gasteiger partial charge is 0.481 e. The summed E-state index contributed by atoms with van der Waals surface area (Å²) in [7, 11) is 1.50. The molecule has 2 heterocycles. The Morgan fingerprint density at radius 2 is 2.26 bits per heavy atom. The predicted octanol–water partition coefficient (Wildman–Crippen LogP) is 1.56. The van der Waals surface area contributed by atoms with Crippen LogP contribution in [-0.2, 0) is 11.3 Å². The first-order chi connectivity index (χ1) is 11.2. The first kappa shape index (κ1) is 16.0. The maximum Gasteiger partial charge on any atom is 0.237 e. The van der Waals surface area contributed by atoms with E-state index in [4.69, 9.17) is 4.74 Å². The van der Waals surface area contributed by atoms with Gasteiger partial charge in [-0.2, -0.15) is 4.98 Å². The van der Waals surface area contributed by atoms with Gasteiger partial charge in [0.15, 0.2) is 11.6 Å². The molecule has 1 aromatic heterocycles. The Kier molecular flexibility index (Phi) is 4.95. The van der Waals surface area contributed by atoms with Gasteiger partial charge < -0.3 is 20.7 Å². The molecule has 1 aliphatic heterocycles. The van der Waals surface area contributed by atoms with Crippen LogP contribution in [-0.4, -0.2) is 36.6 Å². The average Bonchev–Trinajstić information content (AvgIpc) is 3.04. The lowest BCUT2D eigenvalue weighted by atomic mass is 9.93. The van der Waals surface area contributed by atoms with Crippen LogP contribution in [0.5, 0.6) is 5.88 Å². The van der Waals surface area contributed by atoms with Crippen LogP contribution in [0.25, 0.3) is 0 Å². The monoisotopic (exact) mass is 322 g/mol. The average molecular weight is 322 g/mol. The summed E-state index contributed by atoms with van der Waals surface area (Å²) < 4.78 is 19.5. The molecule has 0 unspecified atom stereocenters. The number of ether oxygens (including phenoxy) is 1. The number of hydrogen-bond donors (Lipinski definition) is 3. The van der Waals surface area contributed by atoms with Gasteiger partial charge in [-0.15, -0.1) is 0 Å². The lowest BCUT2D eigenvalue weighted by Gasteiger charge is -2.27. The predicted molar refractivity (Wildman–Crippen MR) is 84.9 cm³/mol. The normalized spacial score (nSPS) is 20.9. The van der Waals surface area contributed by atoms with Crippen LogP contribution in [0.1, 0.15) is 37.7 Å². The van der Waals surface area contributed by atoms with Gasteiger partial charge in [-0.05, 0) is 44.7 Å². The van der Waals surface area contributed by atoms with Crippen LogP contribution in [0.2, 0.25) is 0 Å². The van der Waals surface area contributed by atoms with Crippen molar-refractivity contribution in [3.63, 3.8) is 0 Å². The molecular weight excluding hydrogens is 299 g/mol. The summed E-state index contributed by atoms with van der Waals surface area (Å²) >= 11 is 0. The Morgan fingerprint density at radius 3 is 2.87 bits per heavy atom. The number of hydrogen-bond acceptors (Lipinski definition) is 5. The zero-order valence-corrected chi connectivity index (χ0v) is 13.3. The maximum atomic E-state index is 14.2. The zero-order valence-electron chi connectivity index (χ0n) is 13.3. The standard InChI is InChI=1S/C16H23FN4O2/c1-23-16-10(9-19-15(22)13-6-3-7-18-13)8-12(17)14(21-16)20-11-4-2-5-11/h8,11,13,18H,2-7,9H2,1H3,(H,19,22)(H,20,21)/t13-/m0/s1. The third kappa shape index (κ3) is 3.72. The van der Waals surface area contributed by atoms with E-state index >= 15 is 0 Å². The molecule has 1 atom stereocenters. The van der Waals surface area contributed by atoms with Crippen molar-refractivity contribution in [1.82, 2.24) is 15.6 Å². The molecule has 1 aliphatic carbocycles. The summed E-state index contributed by atoms with van der Waals surface area (Å²) in [6.45, 7) is 1.06. The van der Waals surface area contributed by atoms with E-state index in [9.17, 15) is 9.18 Å². The highest BCUT2D eigenvalue weighted by Gasteiger charge is 2.23. The van der Waals surface area contributed by atoms with Crippen molar-refractivity contribution in [2.75, 3.05) is 19.0 Å². The van der Waals surface area contributed by atoms with Gasteiger partial charge in [-0.3, -0.25) is 4.79 Å². The first-order valence-electron chi connectivity index (χ1n) is 8.18. The third-order valence-electron chi connectivity index (χ3n) is 4.48. The van der Waals surface area contributed by atoms with Crippen molar-refractivity contribution in [2.45, 2.75) is 50.7 Å². The molecule has 6 nitrogen and oxygen atoms in total. The molecule has 2 aliphatic rings. The summed E-state index contributed by atoms with van der Waals surface area (Å²) in [4.78, 5) is 16.2. The van der Waals surface area contributed by atoms with E-state index in [1.54, 1.807) is 0 Å². The topological polar surface area (TPSA) is 75.3 Å². The lowest BCUT2D eigenvalue weighted by Crippen LogP contribution is -2.40. The quantitative estimate of drug-likeness (QED) is 0.741. The summed E-state index contributed by atoms with van der Waals surface area (Å²) in [5, 5.41) is 9.04. The number of carbonyl (C=O) groups excluding carboxylic acids is 1. The van der Waals surface area contributed by atoms with Crippen LogP contribution in [0.4, 0.5) is 10.2 Å². The summed E-state index contributed by atoms with van der Waals surface area (Å²) in [6.07, 6.45) is 5.07. The molecule has 1 aromatic rings. The number of halogens is 1. The molecule has 23 heavy (non-hydrogen) atoms. The zero-order chi connectivity index (χ0) is 16.2. The van der Waals surface area contributed by atoms with Crippen molar-refractivity contribution in [1.29, 1.82) is 0 Å². The molecule has 1 amide bonds. The van der Waals surface area contributed by atoms with E-state index in [0.29, 0.717) is 17.5 Å². The van der Waals surface area contributed by atoms with Gasteiger partial charge in [-0.1, -0.05) is 0 Å². The number of anilines is 1. The number of nitrogens with one attached hydrogen (secondary N) is 3. The number of aromatic nitrogens is 1. The van der Waals surface area contributed by atoms with Crippen LogP contribution in [0, 0.1) is 5.82 Å². The fraction of sp³-hybridized carbons (Fsp3) is 0.625. The second kappa shape index (κ2) is 7.12. The van der Waals surface area contributed by atoms with Gasteiger partial charge in [0.2, 0.25) is 11.8 Å². The van der Waals surface area contributed by atoms with Crippen LogP contribution in [0.3, 0.4) is 0 Å². The minimum Gasteiger partial charge on any atom is -0.481 e. The van der Waals surface area contributed by atoms with E-state index in [1.165, 1.54) is 13.2 Å². The third-order valence-corrected chi connectivity index (χ3v) is 4.48. The maximum absolute atomic E-state index is 14.2. The second-order valence-electron chi connectivity index (χ2n) is 6.13. The van der Waals surface area contributed by atoms with E-state index in [1.807, 2.05) is 0 Å². The van der Waals surface area contributed by atoms with Crippen LogP contribution < -0.4 is 20.7 Å². The summed E-state index contributed by atoms with van der Waals surface area (Å²) in [5.41, 5.74) is 0.538. The SMILES string of the molecule is COc1nc(NC2CCC2)c(F)cc1CNC(=O)[C@@H]1CCCN1. The highest BCUT2D eigenvalue weighted by molar-refractivity contribution is 5.82. The number of pyridine rings is 1. The molecule has 0 aromatic carbocycles. The summed E-state index contributed by atoms with van der Waals surface area (Å²) in [6, 6.07) is 1.52. The molecular formula is C16H23FN4O2. The molecule has 1 saturated carbocycles. The van der Waals surface area contributed by atoms with Crippen molar-refractivity contribution in [2.24, 2.45) is 0 Å². The van der Waals surface area contributed by atoms with E-state index in [0.717, 1.165) is 38.6 Å². The van der Waals surface area contributed by atoms with Gasteiger partial charge >= 0.3 is 0 Å². The Hall–Kier alpha value is -1.89. The number of amides is 1. The Labute approximate surface area is 135 Å². The molecule has 0 radical (unpaired) electrons. The van der Waals surface area contributed by atoms with E-state index < -0.39 is 5.82 Å². The fourth-order valence-corrected chi connectivity index (χ4v) is 2.87. The van der Waals surface area contributed by atoms with Gasteiger partial charge in [0.05, 0.1) is 13.2 Å². The van der Waals surface area contributed by atoms with Gasteiger partial charge in [0.25, 0.3) is 0 Å². The highest BCUT2D eigenvalue weighted by Crippen LogP contribution is 2.27. The van der Waals surface area contributed by atoms with Crippen molar-refractivity contribution in [3.05, 3.63) is 17.4 Å². The minimum atomic E-state index is -0.416. The molecule has 3 rings (SSSR count). The fourth-order valence-electron chi connectivity index (χ4n) is 2.87. The number of carbonyl (C=O) groups is 1. The Morgan fingerprint density at radius 1 is 1.43 bits per heavy atom. The van der Waals surface area contributed by atoms with E-state index in [-0.39, 0.29) is 24.3 Å². The number of nitrogens with zero attached hydrogens (tertiary/aromatic N) is 1. The Bertz CT molecular complexity index is 571. The Balaban J connectivity index is 1.65. The molecule has 3 N–H and O–H groups in total. The van der Waals surface area contributed by atoms with Gasteiger partial charge in [-0.25, -0.2) is 4.39 Å². The van der Waals surface area contributed by atoms with Crippen molar-refractivity contribution < 1.29 is 13.9 Å². The summed E-state index contributed by atoms with van der Waals surface area (Å²) in [5.74, 6) is 0.0783. The van der Waals surface area contributed by atoms with Gasteiger partial charge in [0.1, 0.15) is 0 Å². The van der Waals surface area contributed by atoms with Crippen LogP contribution in [0.15, 0.2) is 6.07 Å². The molecule has 1 saturated heterocycles. The first-order valence-corrected chi connectivity index (χ1v) is 8.18. The van der Waals surface area contributed by atoms with Crippen molar-refractivity contribution in [3.8, 4) is 5.88 Å². The molecule has 0 spiro atoms. The van der Waals surface area contributed by atoms with Crippen LogP contribution >= 0.6 is 0 Å². The number of rotatable bonds is 6. The van der Waals surface area contributed by atoms with Crippen molar-refractivity contribution >= 4 is 11.7 Å². The van der Waals surface area contributed by atoms with Gasteiger partial charge in [0, 0.05) is 18.2 Å².